The maximum atomic E-state index is 13.1. The van der Waals surface area contributed by atoms with Crippen LogP contribution in [0.3, 0.4) is 0 Å². The van der Waals surface area contributed by atoms with Crippen LogP contribution in [0.1, 0.15) is 29.1 Å². The predicted octanol–water partition coefficient (Wildman–Crippen LogP) is 2.93. The average Bonchev–Trinajstić information content (AvgIpc) is 3.28. The van der Waals surface area contributed by atoms with Crippen molar-refractivity contribution in [2.75, 3.05) is 0 Å². The molecule has 12 heteroatoms. The molecule has 0 saturated carbocycles. The first-order valence-electron chi connectivity index (χ1n) is 9.78. The van der Waals surface area contributed by atoms with Crippen LogP contribution in [0, 0.1) is 0 Å². The molecule has 1 amide bonds. The van der Waals surface area contributed by atoms with Gasteiger partial charge in [-0.15, -0.1) is 0 Å². The Morgan fingerprint density at radius 2 is 1.88 bits per heavy atom. The van der Waals surface area contributed by atoms with Gasteiger partial charge in [0.1, 0.15) is 6.33 Å². The largest absolute Gasteiger partial charge is 0.416 e. The molecular formula is C21H19F3N6O2S. The van der Waals surface area contributed by atoms with Gasteiger partial charge < -0.3 is 10.6 Å². The number of carbonyl (C=O) groups is 1. The predicted molar refractivity (Wildman–Crippen MR) is 115 cm³/mol. The zero-order valence-electron chi connectivity index (χ0n) is 17.4. The summed E-state index contributed by atoms with van der Waals surface area (Å²) < 4.78 is 40.9. The molecule has 8 nitrogen and oxygen atoms in total. The zero-order chi connectivity index (χ0) is 23.8. The van der Waals surface area contributed by atoms with Gasteiger partial charge in [-0.1, -0.05) is 30.0 Å². The molecule has 3 heterocycles. The van der Waals surface area contributed by atoms with E-state index in [2.05, 4.69) is 10.1 Å². The van der Waals surface area contributed by atoms with Gasteiger partial charge in [0.15, 0.2) is 5.50 Å². The second-order valence-electron chi connectivity index (χ2n) is 7.39. The Morgan fingerprint density at radius 3 is 2.48 bits per heavy atom. The number of amides is 1. The number of rotatable bonds is 6. The van der Waals surface area contributed by atoms with Gasteiger partial charge in [-0.05, 0) is 36.2 Å². The van der Waals surface area contributed by atoms with Crippen molar-refractivity contribution in [1.82, 2.24) is 24.2 Å². The van der Waals surface area contributed by atoms with Gasteiger partial charge in [-0.2, -0.15) is 18.3 Å². The molecule has 0 radical (unpaired) electrons. The van der Waals surface area contributed by atoms with E-state index in [1.54, 1.807) is 25.4 Å². The van der Waals surface area contributed by atoms with Crippen LogP contribution in [-0.2, 0) is 24.1 Å². The number of benzene rings is 1. The lowest BCUT2D eigenvalue weighted by Gasteiger charge is -2.27. The number of halogens is 3. The van der Waals surface area contributed by atoms with E-state index in [4.69, 9.17) is 5.73 Å². The quantitative estimate of drug-likeness (QED) is 0.588. The van der Waals surface area contributed by atoms with Crippen molar-refractivity contribution in [2.24, 2.45) is 5.73 Å². The third kappa shape index (κ3) is 4.65. The summed E-state index contributed by atoms with van der Waals surface area (Å²) in [5.74, 6) is -0.596. The van der Waals surface area contributed by atoms with Crippen molar-refractivity contribution in [3.8, 4) is 0 Å². The summed E-state index contributed by atoms with van der Waals surface area (Å²) in [6.07, 6.45) is 0.246. The average molecular weight is 476 g/mol. The van der Waals surface area contributed by atoms with Crippen LogP contribution in [-0.4, -0.2) is 30.1 Å². The number of pyridine rings is 1. The lowest BCUT2D eigenvalue weighted by atomic mass is 10.1. The minimum Gasteiger partial charge on any atom is -0.365 e. The first-order chi connectivity index (χ1) is 15.6. The molecular weight excluding hydrogens is 457 g/mol. The Hall–Kier alpha value is -3.54. The van der Waals surface area contributed by atoms with E-state index < -0.39 is 28.8 Å². The van der Waals surface area contributed by atoms with E-state index in [1.807, 2.05) is 11.0 Å². The molecule has 1 aromatic carbocycles. The fraction of sp³-hybridized carbons (Fsp3) is 0.238. The Balaban J connectivity index is 1.60. The highest BCUT2D eigenvalue weighted by Crippen LogP contribution is 2.44. The molecule has 1 unspecified atom stereocenters. The second-order valence-corrected chi connectivity index (χ2v) is 8.45. The van der Waals surface area contributed by atoms with E-state index in [0.717, 1.165) is 34.1 Å². The van der Waals surface area contributed by atoms with Crippen molar-refractivity contribution in [3.63, 3.8) is 0 Å². The van der Waals surface area contributed by atoms with E-state index >= 15 is 0 Å². The summed E-state index contributed by atoms with van der Waals surface area (Å²) in [5.41, 5.74) is 5.68. The van der Waals surface area contributed by atoms with Crippen molar-refractivity contribution >= 4 is 17.7 Å². The first kappa shape index (κ1) is 22.6. The summed E-state index contributed by atoms with van der Waals surface area (Å²) in [4.78, 5) is 31.3. The van der Waals surface area contributed by atoms with Gasteiger partial charge in [0, 0.05) is 24.6 Å². The van der Waals surface area contributed by atoms with Crippen LogP contribution >= 0.6 is 11.8 Å². The number of primary amides is 1. The smallest absolute Gasteiger partial charge is 0.365 e. The molecule has 172 valence electrons. The summed E-state index contributed by atoms with van der Waals surface area (Å²) >= 11 is 1.14. The van der Waals surface area contributed by atoms with Crippen LogP contribution < -0.4 is 11.4 Å². The molecule has 4 rings (SSSR count). The van der Waals surface area contributed by atoms with Crippen LogP contribution in [0.5, 0.6) is 0 Å². The van der Waals surface area contributed by atoms with Gasteiger partial charge in [0.2, 0.25) is 0 Å². The van der Waals surface area contributed by atoms with Gasteiger partial charge >= 0.3 is 11.9 Å². The zero-order valence-corrected chi connectivity index (χ0v) is 18.2. The maximum absolute atomic E-state index is 13.1. The molecule has 3 aromatic rings. The van der Waals surface area contributed by atoms with E-state index in [-0.39, 0.29) is 6.54 Å². The van der Waals surface area contributed by atoms with Gasteiger partial charge in [-0.25, -0.2) is 9.48 Å². The molecule has 0 fully saturated rings. The number of allylic oxidation sites excluding steroid dienone is 1. The first-order valence-corrected chi connectivity index (χ1v) is 10.7. The standard InChI is InChI=1S/C21H19F3N6O2S/c1-13-17(18(25)31)33-20(28(13)10-15-3-2-8-26-9-15)29-12-27-30(19(29)32)11-14-4-6-16(7-5-14)21(22,23)24/h2-9,12,20H,10-11H2,1H3,(H2,25,31). The van der Waals surface area contributed by atoms with Gasteiger partial charge in [-0.3, -0.25) is 14.3 Å². The van der Waals surface area contributed by atoms with E-state index in [9.17, 15) is 22.8 Å². The van der Waals surface area contributed by atoms with Crippen LogP contribution in [0.2, 0.25) is 0 Å². The molecule has 1 aliphatic rings. The number of carbonyl (C=O) groups excluding carboxylic acids is 1. The fourth-order valence-corrected chi connectivity index (χ4v) is 4.69. The summed E-state index contributed by atoms with van der Waals surface area (Å²) in [6.45, 7) is 2.13. The fourth-order valence-electron chi connectivity index (χ4n) is 3.46. The SMILES string of the molecule is CC1=C(C(N)=O)SC(n2cnn(Cc3ccc(C(F)(F)F)cc3)c2=O)N1Cc1cccnc1. The minimum absolute atomic E-state index is 0.000943. The Morgan fingerprint density at radius 1 is 1.15 bits per heavy atom. The highest BCUT2D eigenvalue weighted by atomic mass is 32.2. The lowest BCUT2D eigenvalue weighted by molar-refractivity contribution is -0.137. The number of nitrogens with zero attached hydrogens (tertiary/aromatic N) is 5. The van der Waals surface area contributed by atoms with Crippen LogP contribution in [0.4, 0.5) is 13.2 Å². The molecule has 0 saturated heterocycles. The van der Waals surface area contributed by atoms with Crippen molar-refractivity contribution in [3.05, 3.63) is 92.9 Å². The monoisotopic (exact) mass is 476 g/mol. The topological polar surface area (TPSA) is 99.0 Å². The van der Waals surface area contributed by atoms with Gasteiger partial charge in [0.05, 0.1) is 17.0 Å². The third-order valence-corrected chi connectivity index (χ3v) is 6.58. The third-order valence-electron chi connectivity index (χ3n) is 5.16. The van der Waals surface area contributed by atoms with Crippen LogP contribution in [0.25, 0.3) is 0 Å². The Bertz CT molecular complexity index is 1250. The summed E-state index contributed by atoms with van der Waals surface area (Å²) in [5, 5.41) is 4.12. The number of hydrogen-bond acceptors (Lipinski definition) is 6. The van der Waals surface area contributed by atoms with Gasteiger partial charge in [0.25, 0.3) is 5.91 Å². The molecule has 0 bridgehead atoms. The summed E-state index contributed by atoms with van der Waals surface area (Å²) in [7, 11) is 0. The van der Waals surface area contributed by atoms with Crippen LogP contribution in [0.15, 0.2) is 70.5 Å². The second kappa shape index (κ2) is 8.77. The number of thioether (sulfide) groups is 1. The lowest BCUT2D eigenvalue weighted by Crippen LogP contribution is -2.33. The highest BCUT2D eigenvalue weighted by molar-refractivity contribution is 8.04. The Kier molecular flexibility index (Phi) is 6.02. The minimum atomic E-state index is -4.43. The van der Waals surface area contributed by atoms with E-state index in [1.165, 1.54) is 23.0 Å². The molecule has 2 aromatic heterocycles. The summed E-state index contributed by atoms with van der Waals surface area (Å²) in [6, 6.07) is 8.21. The molecule has 0 spiro atoms. The number of aromatic nitrogens is 4. The normalized spacial score (nSPS) is 16.5. The number of nitrogens with two attached hydrogens (primary N) is 1. The molecule has 1 aliphatic heterocycles. The highest BCUT2D eigenvalue weighted by Gasteiger charge is 2.35. The van der Waals surface area contributed by atoms with Crippen molar-refractivity contribution in [2.45, 2.75) is 31.7 Å². The van der Waals surface area contributed by atoms with E-state index in [0.29, 0.717) is 22.7 Å². The molecule has 1 atom stereocenters. The molecule has 0 aliphatic carbocycles. The number of alkyl halides is 3. The van der Waals surface area contributed by atoms with Crippen molar-refractivity contribution in [1.29, 1.82) is 0 Å². The number of hydrogen-bond donors (Lipinski definition) is 1. The van der Waals surface area contributed by atoms with Crippen molar-refractivity contribution < 1.29 is 18.0 Å². The molecule has 33 heavy (non-hydrogen) atoms. The Labute approximate surface area is 190 Å². The maximum Gasteiger partial charge on any atom is 0.416 e. The molecule has 2 N–H and O–H groups in total.